The van der Waals surface area contributed by atoms with Gasteiger partial charge in [0.25, 0.3) is 0 Å². The Morgan fingerprint density at radius 3 is 2.24 bits per heavy atom. The number of hydrogen-bond acceptors (Lipinski definition) is 5. The van der Waals surface area contributed by atoms with E-state index in [2.05, 4.69) is 24.8 Å². The van der Waals surface area contributed by atoms with E-state index in [9.17, 15) is 13.2 Å². The van der Waals surface area contributed by atoms with E-state index in [1.165, 1.54) is 0 Å². The zero-order valence-electron chi connectivity index (χ0n) is 20.2. The highest BCUT2D eigenvalue weighted by Crippen LogP contribution is 2.35. The summed E-state index contributed by atoms with van der Waals surface area (Å²) in [5.41, 5.74) is 3.64. The molecule has 2 aromatic rings. The van der Waals surface area contributed by atoms with Crippen LogP contribution in [0.5, 0.6) is 0 Å². The van der Waals surface area contributed by atoms with Crippen LogP contribution < -0.4 is 9.80 Å². The minimum absolute atomic E-state index is 0.00610. The molecule has 2 aromatic carbocycles. The number of carbonyl (C=O) groups excluding carboxylic acids is 1. The van der Waals surface area contributed by atoms with Crippen molar-refractivity contribution >= 4 is 27.3 Å². The summed E-state index contributed by atoms with van der Waals surface area (Å²) in [5.74, 6) is -0.218. The number of ether oxygens (including phenoxy) is 1. The molecule has 0 N–H and O–H groups in total. The maximum absolute atomic E-state index is 13.5. The number of rotatable bonds is 10. The maximum Gasteiger partial charge on any atom is 0.415 e. The van der Waals surface area contributed by atoms with Crippen molar-refractivity contribution in [2.75, 3.05) is 34.4 Å². The first-order valence-electron chi connectivity index (χ1n) is 11.9. The highest BCUT2D eigenvalue weighted by atomic mass is 32.2. The van der Waals surface area contributed by atoms with Gasteiger partial charge >= 0.3 is 6.09 Å². The fraction of sp³-hybridized carbons (Fsp3) is 0.500. The smallest absolute Gasteiger partial charge is 0.415 e. The van der Waals surface area contributed by atoms with Gasteiger partial charge in [0.2, 0.25) is 0 Å². The summed E-state index contributed by atoms with van der Waals surface area (Å²) >= 11 is 0. The number of sulfone groups is 1. The van der Waals surface area contributed by atoms with Gasteiger partial charge in [-0.2, -0.15) is 0 Å². The molecular formula is C26H36N2O4S. The largest absolute Gasteiger partial charge is 0.440 e. The van der Waals surface area contributed by atoms with E-state index >= 15 is 0 Å². The second kappa shape index (κ2) is 11.1. The summed E-state index contributed by atoms with van der Waals surface area (Å²) in [7, 11) is -3.35. The number of amides is 1. The van der Waals surface area contributed by atoms with E-state index in [1.54, 1.807) is 24.0 Å². The first-order valence-corrected chi connectivity index (χ1v) is 13.7. The Labute approximate surface area is 198 Å². The van der Waals surface area contributed by atoms with Crippen molar-refractivity contribution in [3.63, 3.8) is 0 Å². The molecule has 1 saturated carbocycles. The molecule has 1 atom stereocenters. The normalized spacial score (nSPS) is 14.9. The molecule has 0 heterocycles. The molecule has 0 bridgehead atoms. The van der Waals surface area contributed by atoms with E-state index in [1.807, 2.05) is 37.3 Å². The highest BCUT2D eigenvalue weighted by molar-refractivity contribution is 7.91. The van der Waals surface area contributed by atoms with Crippen LogP contribution in [0.1, 0.15) is 57.3 Å². The summed E-state index contributed by atoms with van der Waals surface area (Å²) in [6.45, 7) is 9.69. The van der Waals surface area contributed by atoms with Crippen LogP contribution in [0.25, 0.3) is 0 Å². The van der Waals surface area contributed by atoms with Gasteiger partial charge in [-0.25, -0.2) is 13.2 Å². The molecule has 1 aliphatic carbocycles. The Morgan fingerprint density at radius 1 is 1.06 bits per heavy atom. The fourth-order valence-electron chi connectivity index (χ4n) is 4.18. The van der Waals surface area contributed by atoms with Gasteiger partial charge in [0.15, 0.2) is 9.84 Å². The Kier molecular flexibility index (Phi) is 8.40. The molecule has 1 aliphatic rings. The van der Waals surface area contributed by atoms with Crippen LogP contribution >= 0.6 is 0 Å². The van der Waals surface area contributed by atoms with E-state index in [4.69, 9.17) is 4.74 Å². The number of nitrogens with zero attached hydrogens (tertiary/aromatic N) is 2. The van der Waals surface area contributed by atoms with Crippen molar-refractivity contribution in [1.82, 2.24) is 0 Å². The van der Waals surface area contributed by atoms with Crippen molar-refractivity contribution in [1.29, 1.82) is 0 Å². The van der Waals surface area contributed by atoms with Gasteiger partial charge in [-0.1, -0.05) is 37.3 Å². The quantitative estimate of drug-likeness (QED) is 0.456. The lowest BCUT2D eigenvalue weighted by Crippen LogP contribution is -2.45. The van der Waals surface area contributed by atoms with Gasteiger partial charge in [-0.15, -0.1) is 0 Å². The second-order valence-corrected chi connectivity index (χ2v) is 11.0. The van der Waals surface area contributed by atoms with Gasteiger partial charge in [0.1, 0.15) is 6.10 Å². The lowest BCUT2D eigenvalue weighted by molar-refractivity contribution is 0.110. The standard InChI is InChI=1S/C26H36N2O4S/c1-5-27(6-2)23-16-17-24(20(4)18-23)28(22-14-11-15-22)26(29)32-25(19-33(30,31)7-3)21-12-9-8-10-13-21/h8-10,12-13,16-18,22,25H,5-7,11,14-15,19H2,1-4H3. The number of hydrogen-bond donors (Lipinski definition) is 0. The third-order valence-corrected chi connectivity index (χ3v) is 8.15. The first-order chi connectivity index (χ1) is 15.8. The molecule has 0 aliphatic heterocycles. The Morgan fingerprint density at radius 2 is 1.73 bits per heavy atom. The van der Waals surface area contributed by atoms with Crippen LogP contribution in [0, 0.1) is 6.92 Å². The third-order valence-electron chi connectivity index (χ3n) is 6.46. The maximum atomic E-state index is 13.5. The minimum Gasteiger partial charge on any atom is -0.440 e. The van der Waals surface area contributed by atoms with Crippen LogP contribution in [-0.4, -0.2) is 45.1 Å². The zero-order chi connectivity index (χ0) is 24.0. The predicted molar refractivity (Wildman–Crippen MR) is 135 cm³/mol. The predicted octanol–water partition coefficient (Wildman–Crippen LogP) is 5.51. The summed E-state index contributed by atoms with van der Waals surface area (Å²) in [6.07, 6.45) is 1.56. The van der Waals surface area contributed by atoms with Crippen molar-refractivity contribution in [2.45, 2.75) is 59.1 Å². The molecule has 0 spiro atoms. The van der Waals surface area contributed by atoms with E-state index < -0.39 is 22.0 Å². The first kappa shape index (κ1) is 25.1. The monoisotopic (exact) mass is 472 g/mol. The van der Waals surface area contributed by atoms with Crippen LogP contribution in [0.4, 0.5) is 16.2 Å². The van der Waals surface area contributed by atoms with E-state index in [-0.39, 0.29) is 17.5 Å². The van der Waals surface area contributed by atoms with Crippen LogP contribution in [-0.2, 0) is 14.6 Å². The van der Waals surface area contributed by atoms with Crippen LogP contribution in [0.15, 0.2) is 48.5 Å². The molecule has 0 aromatic heterocycles. The van der Waals surface area contributed by atoms with Gasteiger partial charge < -0.3 is 9.64 Å². The van der Waals surface area contributed by atoms with Crippen molar-refractivity contribution in [3.8, 4) is 0 Å². The topological polar surface area (TPSA) is 66.9 Å². The SMILES string of the molecule is CCN(CC)c1ccc(N(C(=O)OC(CS(=O)(=O)CC)c2ccccc2)C2CCC2)c(C)c1. The summed E-state index contributed by atoms with van der Waals surface area (Å²) in [6, 6.07) is 15.3. The van der Waals surface area contributed by atoms with Gasteiger partial charge in [0, 0.05) is 30.6 Å². The summed E-state index contributed by atoms with van der Waals surface area (Å²) in [4.78, 5) is 17.5. The van der Waals surface area contributed by atoms with Crippen molar-refractivity contribution < 1.29 is 17.9 Å². The van der Waals surface area contributed by atoms with E-state index in [0.717, 1.165) is 49.3 Å². The van der Waals surface area contributed by atoms with Gasteiger partial charge in [-0.3, -0.25) is 4.90 Å². The number of anilines is 2. The molecule has 1 fully saturated rings. The molecule has 7 heteroatoms. The van der Waals surface area contributed by atoms with Crippen molar-refractivity contribution in [3.05, 3.63) is 59.7 Å². The average molecular weight is 473 g/mol. The molecule has 1 unspecified atom stereocenters. The molecule has 0 saturated heterocycles. The molecule has 33 heavy (non-hydrogen) atoms. The molecular weight excluding hydrogens is 436 g/mol. The summed E-state index contributed by atoms with van der Waals surface area (Å²) < 4.78 is 30.7. The number of aryl methyl sites for hydroxylation is 1. The van der Waals surface area contributed by atoms with Crippen LogP contribution in [0.3, 0.4) is 0 Å². The van der Waals surface area contributed by atoms with E-state index in [0.29, 0.717) is 5.56 Å². The fourth-order valence-corrected chi connectivity index (χ4v) is 5.13. The Hall–Kier alpha value is -2.54. The lowest BCUT2D eigenvalue weighted by atomic mass is 9.91. The molecule has 1 amide bonds. The Bertz CT molecular complexity index is 1030. The molecule has 6 nitrogen and oxygen atoms in total. The highest BCUT2D eigenvalue weighted by Gasteiger charge is 2.34. The minimum atomic E-state index is -3.35. The van der Waals surface area contributed by atoms with Crippen molar-refractivity contribution in [2.24, 2.45) is 0 Å². The molecule has 0 radical (unpaired) electrons. The second-order valence-electron chi connectivity index (χ2n) is 8.58. The number of benzene rings is 2. The molecule has 3 rings (SSSR count). The molecule has 180 valence electrons. The Balaban J connectivity index is 1.91. The van der Waals surface area contributed by atoms with Gasteiger partial charge in [0.05, 0.1) is 11.4 Å². The summed E-state index contributed by atoms with van der Waals surface area (Å²) in [5, 5.41) is 0. The zero-order valence-corrected chi connectivity index (χ0v) is 21.0. The average Bonchev–Trinajstić information content (AvgIpc) is 2.77. The third kappa shape index (κ3) is 6.08. The lowest BCUT2D eigenvalue weighted by Gasteiger charge is -2.38. The van der Waals surface area contributed by atoms with Gasteiger partial charge in [-0.05, 0) is 69.4 Å². The number of carbonyl (C=O) groups is 1. The van der Waals surface area contributed by atoms with Crippen LogP contribution in [0.2, 0.25) is 0 Å².